The average molecular weight is 87.1 g/mol. The van der Waals surface area contributed by atoms with Gasteiger partial charge in [0.25, 0.3) is 0 Å². The van der Waals surface area contributed by atoms with Gasteiger partial charge in [-0.2, -0.15) is 4.89 Å². The predicted octanol–water partition coefficient (Wildman–Crippen LogP) is 1.26. The average Bonchev–Trinajstić information content (AvgIpc) is 1.61. The molecule has 0 bridgehead atoms. The highest BCUT2D eigenvalue weighted by Crippen LogP contribution is 1.78. The second-order valence-corrected chi connectivity index (χ2v) is 0.595. The third-order valence-electron chi connectivity index (χ3n) is 0.220. The molecule has 0 amide bonds. The summed E-state index contributed by atoms with van der Waals surface area (Å²) >= 11 is 0. The summed E-state index contributed by atoms with van der Waals surface area (Å²) in [6.07, 6.45) is 1.21. The molecule has 0 aliphatic rings. The fourth-order valence-electron chi connectivity index (χ4n) is 0.0948. The lowest BCUT2D eigenvalue weighted by atomic mass is 10.9. The van der Waals surface area contributed by atoms with E-state index in [2.05, 4.69) is 16.4 Å². The van der Waals surface area contributed by atoms with Crippen LogP contribution in [0.2, 0.25) is 0 Å². The van der Waals surface area contributed by atoms with Crippen molar-refractivity contribution in [3.8, 4) is 0 Å². The van der Waals surface area contributed by atoms with Gasteiger partial charge >= 0.3 is 0 Å². The first-order valence-corrected chi connectivity index (χ1v) is 1.62. The Kier molecular flexibility index (Phi) is 4.12. The van der Waals surface area contributed by atoms with Gasteiger partial charge in [0.2, 0.25) is 0 Å². The van der Waals surface area contributed by atoms with Gasteiger partial charge in [0.05, 0.1) is 0 Å². The first-order valence-electron chi connectivity index (χ1n) is 1.62. The standard InChI is InChI=1S/C4H7O2/c1-3-5-6-4-2/h3-4H,1H2,2H3. The SMILES string of the molecule is C=COO[CH]C. The van der Waals surface area contributed by atoms with Gasteiger partial charge in [0, 0.05) is 0 Å². The van der Waals surface area contributed by atoms with Crippen LogP contribution in [0.1, 0.15) is 6.92 Å². The van der Waals surface area contributed by atoms with Gasteiger partial charge in [-0.25, -0.2) is 0 Å². The molecular formula is C4H7O2. The van der Waals surface area contributed by atoms with Crippen LogP contribution in [0, 0.1) is 6.61 Å². The quantitative estimate of drug-likeness (QED) is 0.223. The predicted molar refractivity (Wildman–Crippen MR) is 22.3 cm³/mol. The van der Waals surface area contributed by atoms with Crippen molar-refractivity contribution in [1.29, 1.82) is 0 Å². The molecule has 2 heteroatoms. The Labute approximate surface area is 37.3 Å². The van der Waals surface area contributed by atoms with E-state index in [4.69, 9.17) is 0 Å². The molecule has 0 heterocycles. The lowest BCUT2D eigenvalue weighted by Crippen LogP contribution is -1.76. The van der Waals surface area contributed by atoms with Crippen LogP contribution in [0.4, 0.5) is 0 Å². The summed E-state index contributed by atoms with van der Waals surface area (Å²) < 4.78 is 0. The van der Waals surface area contributed by atoms with Crippen molar-refractivity contribution >= 4 is 0 Å². The lowest BCUT2D eigenvalue weighted by molar-refractivity contribution is -0.216. The van der Waals surface area contributed by atoms with E-state index in [-0.39, 0.29) is 0 Å². The Balaban J connectivity index is 2.49. The molecule has 0 unspecified atom stereocenters. The highest BCUT2D eigenvalue weighted by atomic mass is 17.2. The summed E-state index contributed by atoms with van der Waals surface area (Å²) in [4.78, 5) is 8.43. The Morgan fingerprint density at radius 3 is 2.33 bits per heavy atom. The van der Waals surface area contributed by atoms with Crippen molar-refractivity contribution in [2.75, 3.05) is 0 Å². The van der Waals surface area contributed by atoms with Crippen molar-refractivity contribution in [1.82, 2.24) is 0 Å². The van der Waals surface area contributed by atoms with Crippen LogP contribution in [0.3, 0.4) is 0 Å². The molecule has 2 nitrogen and oxygen atoms in total. The minimum absolute atomic E-state index is 1.21. The van der Waals surface area contributed by atoms with Crippen LogP contribution in [0.25, 0.3) is 0 Å². The lowest BCUT2D eigenvalue weighted by Gasteiger charge is -1.89. The maximum atomic E-state index is 4.24. The molecule has 35 valence electrons. The molecule has 0 saturated heterocycles. The van der Waals surface area contributed by atoms with Gasteiger partial charge in [-0.1, -0.05) is 6.58 Å². The molecule has 0 spiro atoms. The van der Waals surface area contributed by atoms with E-state index >= 15 is 0 Å². The number of rotatable bonds is 3. The van der Waals surface area contributed by atoms with E-state index in [1.165, 1.54) is 12.9 Å². The molecule has 1 radical (unpaired) electrons. The first-order chi connectivity index (χ1) is 2.91. The number of hydrogen-bond acceptors (Lipinski definition) is 2. The fourth-order valence-corrected chi connectivity index (χ4v) is 0.0948. The van der Waals surface area contributed by atoms with Crippen molar-refractivity contribution in [2.24, 2.45) is 0 Å². The van der Waals surface area contributed by atoms with E-state index < -0.39 is 0 Å². The van der Waals surface area contributed by atoms with Crippen LogP contribution in [0.5, 0.6) is 0 Å². The molecule has 0 fully saturated rings. The van der Waals surface area contributed by atoms with Gasteiger partial charge in [0.1, 0.15) is 12.9 Å². The maximum Gasteiger partial charge on any atom is 0.132 e. The molecule has 0 saturated carbocycles. The normalized spacial score (nSPS) is 7.50. The minimum atomic E-state index is 1.21. The van der Waals surface area contributed by atoms with Crippen LogP contribution in [0.15, 0.2) is 12.8 Å². The molecule has 0 atom stereocenters. The Hall–Kier alpha value is -0.500. The van der Waals surface area contributed by atoms with Crippen LogP contribution >= 0.6 is 0 Å². The third-order valence-corrected chi connectivity index (χ3v) is 0.220. The van der Waals surface area contributed by atoms with Gasteiger partial charge in [-0.3, -0.25) is 0 Å². The molecule has 0 rings (SSSR count). The smallest absolute Gasteiger partial charge is 0.132 e. The maximum absolute atomic E-state index is 4.24. The van der Waals surface area contributed by atoms with Crippen LogP contribution < -0.4 is 0 Å². The molecule has 0 aromatic carbocycles. The van der Waals surface area contributed by atoms with Gasteiger partial charge < -0.3 is 4.89 Å². The molecule has 0 aliphatic heterocycles. The van der Waals surface area contributed by atoms with Crippen LogP contribution in [-0.2, 0) is 9.78 Å². The summed E-state index contributed by atoms with van der Waals surface area (Å²) in [7, 11) is 0. The molecule has 0 N–H and O–H groups in total. The fraction of sp³-hybridized carbons (Fsp3) is 0.250. The highest BCUT2D eigenvalue weighted by Gasteiger charge is 1.68. The summed E-state index contributed by atoms with van der Waals surface area (Å²) in [5.74, 6) is 0. The zero-order valence-electron chi connectivity index (χ0n) is 3.68. The largest absolute Gasteiger partial charge is 0.346 e. The Morgan fingerprint density at radius 1 is 1.50 bits per heavy atom. The molecule has 0 aromatic rings. The van der Waals surface area contributed by atoms with E-state index in [0.29, 0.717) is 0 Å². The van der Waals surface area contributed by atoms with E-state index in [0.717, 1.165) is 0 Å². The third kappa shape index (κ3) is 3.50. The van der Waals surface area contributed by atoms with Crippen molar-refractivity contribution in [3.63, 3.8) is 0 Å². The molecular weight excluding hydrogens is 80.0 g/mol. The Morgan fingerprint density at radius 2 is 2.17 bits per heavy atom. The van der Waals surface area contributed by atoms with Crippen molar-refractivity contribution < 1.29 is 9.78 Å². The summed E-state index contributed by atoms with van der Waals surface area (Å²) in [5, 5.41) is 0. The molecule has 0 aliphatic carbocycles. The molecule has 0 aromatic heterocycles. The minimum Gasteiger partial charge on any atom is -0.346 e. The zero-order valence-corrected chi connectivity index (χ0v) is 3.68. The second-order valence-electron chi connectivity index (χ2n) is 0.595. The summed E-state index contributed by atoms with van der Waals surface area (Å²) in [6, 6.07) is 0. The van der Waals surface area contributed by atoms with E-state index in [1.54, 1.807) is 6.92 Å². The van der Waals surface area contributed by atoms with Gasteiger partial charge in [-0.15, -0.1) is 0 Å². The van der Waals surface area contributed by atoms with Gasteiger partial charge in [-0.05, 0) is 6.92 Å². The second kappa shape index (κ2) is 4.50. The first kappa shape index (κ1) is 5.50. The van der Waals surface area contributed by atoms with E-state index in [1.807, 2.05) is 0 Å². The highest BCUT2D eigenvalue weighted by molar-refractivity contribution is 4.42. The van der Waals surface area contributed by atoms with Gasteiger partial charge in [0.15, 0.2) is 0 Å². The monoisotopic (exact) mass is 87.0 g/mol. The molecule has 6 heavy (non-hydrogen) atoms. The van der Waals surface area contributed by atoms with Crippen molar-refractivity contribution in [3.05, 3.63) is 19.4 Å². The summed E-state index contributed by atoms with van der Waals surface area (Å²) in [6.45, 7) is 6.36. The zero-order chi connectivity index (χ0) is 4.83. The van der Waals surface area contributed by atoms with E-state index in [9.17, 15) is 0 Å². The Bertz CT molecular complexity index is 34.5. The topological polar surface area (TPSA) is 18.5 Å². The van der Waals surface area contributed by atoms with Crippen molar-refractivity contribution in [2.45, 2.75) is 6.92 Å². The summed E-state index contributed by atoms with van der Waals surface area (Å²) in [5.41, 5.74) is 0. The van der Waals surface area contributed by atoms with Crippen LogP contribution in [-0.4, -0.2) is 0 Å². The number of hydrogen-bond donors (Lipinski definition) is 0.